The molecule has 0 unspecified atom stereocenters. The SMILES string of the molecule is Cn1cc(C2=CCCc3ccc(C(=O)O)cc32)ccc1=O. The molecule has 0 saturated carbocycles. The second-order valence-electron chi connectivity index (χ2n) is 5.20. The van der Waals surface area contributed by atoms with Gasteiger partial charge in [-0.15, -0.1) is 0 Å². The average Bonchev–Trinajstić information content (AvgIpc) is 2.49. The van der Waals surface area contributed by atoms with Gasteiger partial charge in [0.15, 0.2) is 0 Å². The lowest BCUT2D eigenvalue weighted by molar-refractivity contribution is 0.0697. The number of carbonyl (C=O) groups is 1. The van der Waals surface area contributed by atoms with Gasteiger partial charge in [-0.05, 0) is 53.3 Å². The van der Waals surface area contributed by atoms with E-state index in [4.69, 9.17) is 5.11 Å². The maximum absolute atomic E-state index is 11.5. The Morgan fingerprint density at radius 3 is 2.76 bits per heavy atom. The van der Waals surface area contributed by atoms with Gasteiger partial charge in [0.25, 0.3) is 0 Å². The molecule has 0 amide bonds. The Hall–Kier alpha value is -2.62. The molecule has 3 rings (SSSR count). The van der Waals surface area contributed by atoms with Crippen molar-refractivity contribution in [2.75, 3.05) is 0 Å². The van der Waals surface area contributed by atoms with Crippen molar-refractivity contribution in [1.29, 1.82) is 0 Å². The molecule has 0 bridgehead atoms. The van der Waals surface area contributed by atoms with Gasteiger partial charge in [0.2, 0.25) is 5.56 Å². The number of aromatic nitrogens is 1. The Labute approximate surface area is 122 Å². The molecule has 1 N–H and O–H groups in total. The van der Waals surface area contributed by atoms with E-state index in [9.17, 15) is 9.59 Å². The Kier molecular flexibility index (Phi) is 3.22. The van der Waals surface area contributed by atoms with E-state index in [1.165, 1.54) is 10.6 Å². The number of benzene rings is 1. The summed E-state index contributed by atoms with van der Waals surface area (Å²) in [5, 5.41) is 9.16. The van der Waals surface area contributed by atoms with Gasteiger partial charge in [0, 0.05) is 19.3 Å². The van der Waals surface area contributed by atoms with Crippen molar-refractivity contribution in [3.05, 3.63) is 75.2 Å². The van der Waals surface area contributed by atoms with Crippen LogP contribution in [0.3, 0.4) is 0 Å². The maximum atomic E-state index is 11.5. The van der Waals surface area contributed by atoms with Crippen LogP contribution in [0.2, 0.25) is 0 Å². The van der Waals surface area contributed by atoms with E-state index in [-0.39, 0.29) is 11.1 Å². The van der Waals surface area contributed by atoms with Crippen molar-refractivity contribution in [3.8, 4) is 0 Å². The van der Waals surface area contributed by atoms with Crippen molar-refractivity contribution < 1.29 is 9.90 Å². The first-order chi connectivity index (χ1) is 10.1. The minimum Gasteiger partial charge on any atom is -0.478 e. The zero-order valence-corrected chi connectivity index (χ0v) is 11.7. The van der Waals surface area contributed by atoms with E-state index >= 15 is 0 Å². The third kappa shape index (κ3) is 2.40. The molecule has 1 aliphatic carbocycles. The number of aromatic carboxylic acids is 1. The molecule has 0 spiro atoms. The number of pyridine rings is 1. The largest absolute Gasteiger partial charge is 0.478 e. The molecular formula is C17H15NO3. The quantitative estimate of drug-likeness (QED) is 0.920. The molecule has 4 nitrogen and oxygen atoms in total. The molecule has 0 radical (unpaired) electrons. The van der Waals surface area contributed by atoms with Gasteiger partial charge < -0.3 is 9.67 Å². The summed E-state index contributed by atoms with van der Waals surface area (Å²) in [6, 6.07) is 8.56. The van der Waals surface area contributed by atoms with E-state index in [0.29, 0.717) is 0 Å². The molecule has 1 aromatic carbocycles. The predicted molar refractivity (Wildman–Crippen MR) is 80.5 cm³/mol. The van der Waals surface area contributed by atoms with Crippen LogP contribution in [0.4, 0.5) is 0 Å². The molecule has 0 aliphatic heterocycles. The van der Waals surface area contributed by atoms with E-state index in [2.05, 4.69) is 6.08 Å². The van der Waals surface area contributed by atoms with Crippen LogP contribution in [-0.2, 0) is 13.5 Å². The summed E-state index contributed by atoms with van der Waals surface area (Å²) in [4.78, 5) is 22.7. The monoisotopic (exact) mass is 281 g/mol. The van der Waals surface area contributed by atoms with Crippen LogP contribution in [0.15, 0.2) is 47.4 Å². The molecule has 1 aliphatic rings. The fourth-order valence-corrected chi connectivity index (χ4v) is 2.69. The number of nitrogens with zero attached hydrogens (tertiary/aromatic N) is 1. The van der Waals surface area contributed by atoms with Crippen molar-refractivity contribution in [3.63, 3.8) is 0 Å². The molecule has 2 aromatic rings. The van der Waals surface area contributed by atoms with Crippen LogP contribution in [0, 0.1) is 0 Å². The summed E-state index contributed by atoms with van der Waals surface area (Å²) in [5.74, 6) is -0.928. The maximum Gasteiger partial charge on any atom is 0.335 e. The normalized spacial score (nSPS) is 13.5. The summed E-state index contributed by atoms with van der Waals surface area (Å²) in [6.07, 6.45) is 5.71. The Bertz CT molecular complexity index is 815. The lowest BCUT2D eigenvalue weighted by Crippen LogP contribution is -2.15. The third-order valence-corrected chi connectivity index (χ3v) is 3.81. The van der Waals surface area contributed by atoms with Crippen molar-refractivity contribution in [2.24, 2.45) is 7.05 Å². The highest BCUT2D eigenvalue weighted by Crippen LogP contribution is 2.32. The first-order valence-corrected chi connectivity index (χ1v) is 6.80. The summed E-state index contributed by atoms with van der Waals surface area (Å²) in [5.41, 5.74) is 4.24. The molecule has 106 valence electrons. The average molecular weight is 281 g/mol. The topological polar surface area (TPSA) is 59.3 Å². The lowest BCUT2D eigenvalue weighted by Gasteiger charge is -2.19. The highest BCUT2D eigenvalue weighted by atomic mass is 16.4. The first kappa shape index (κ1) is 13.4. The van der Waals surface area contributed by atoms with Crippen LogP contribution in [-0.4, -0.2) is 15.6 Å². The van der Waals surface area contributed by atoms with Gasteiger partial charge in [-0.3, -0.25) is 4.79 Å². The fraction of sp³-hybridized carbons (Fsp3) is 0.176. The number of hydrogen-bond donors (Lipinski definition) is 1. The van der Waals surface area contributed by atoms with Gasteiger partial charge in [-0.25, -0.2) is 4.79 Å². The number of carboxylic acid groups (broad SMARTS) is 1. The summed E-state index contributed by atoms with van der Waals surface area (Å²) >= 11 is 0. The van der Waals surface area contributed by atoms with Crippen molar-refractivity contribution in [1.82, 2.24) is 4.57 Å². The zero-order chi connectivity index (χ0) is 15.0. The molecule has 0 fully saturated rings. The third-order valence-electron chi connectivity index (χ3n) is 3.81. The zero-order valence-electron chi connectivity index (χ0n) is 11.7. The number of rotatable bonds is 2. The standard InChI is InChI=1S/C17H15NO3/c1-18-10-13(7-8-16(18)19)14-4-2-3-11-5-6-12(17(20)21)9-15(11)14/h4-10H,2-3H2,1H3,(H,20,21). The molecule has 1 aromatic heterocycles. The predicted octanol–water partition coefficient (Wildman–Crippen LogP) is 2.46. The number of hydrogen-bond acceptors (Lipinski definition) is 2. The minimum absolute atomic E-state index is 0.0605. The highest BCUT2D eigenvalue weighted by molar-refractivity contribution is 5.91. The molecule has 0 atom stereocenters. The van der Waals surface area contributed by atoms with Crippen molar-refractivity contribution >= 4 is 11.5 Å². The van der Waals surface area contributed by atoms with E-state index in [0.717, 1.165) is 35.1 Å². The van der Waals surface area contributed by atoms with Crippen molar-refractivity contribution in [2.45, 2.75) is 12.8 Å². The summed E-state index contributed by atoms with van der Waals surface area (Å²) in [6.45, 7) is 0. The molecule has 0 saturated heterocycles. The Morgan fingerprint density at radius 1 is 1.24 bits per heavy atom. The van der Waals surface area contributed by atoms with Gasteiger partial charge in [-0.1, -0.05) is 12.1 Å². The smallest absolute Gasteiger partial charge is 0.335 e. The van der Waals surface area contributed by atoms with Gasteiger partial charge in [0.05, 0.1) is 5.56 Å². The second-order valence-corrected chi connectivity index (χ2v) is 5.20. The summed E-state index contributed by atoms with van der Waals surface area (Å²) in [7, 11) is 1.71. The van der Waals surface area contributed by atoms with Crippen LogP contribution in [0.25, 0.3) is 5.57 Å². The number of allylic oxidation sites excluding steroid dienone is 1. The second kappa shape index (κ2) is 5.05. The molecular weight excluding hydrogens is 266 g/mol. The lowest BCUT2D eigenvalue weighted by atomic mass is 9.86. The van der Waals surface area contributed by atoms with Gasteiger partial charge in [-0.2, -0.15) is 0 Å². The molecule has 4 heteroatoms. The fourth-order valence-electron chi connectivity index (χ4n) is 2.69. The van der Waals surface area contributed by atoms with Crippen LogP contribution in [0.1, 0.15) is 33.5 Å². The highest BCUT2D eigenvalue weighted by Gasteiger charge is 2.16. The first-order valence-electron chi connectivity index (χ1n) is 6.80. The van der Waals surface area contributed by atoms with E-state index in [1.807, 2.05) is 6.07 Å². The van der Waals surface area contributed by atoms with Gasteiger partial charge >= 0.3 is 5.97 Å². The van der Waals surface area contributed by atoms with Crippen LogP contribution in [0.5, 0.6) is 0 Å². The molecule has 21 heavy (non-hydrogen) atoms. The Morgan fingerprint density at radius 2 is 2.05 bits per heavy atom. The number of fused-ring (bicyclic) bond motifs is 1. The molecule has 1 heterocycles. The number of aryl methyl sites for hydroxylation is 2. The van der Waals surface area contributed by atoms with Crippen LogP contribution < -0.4 is 5.56 Å². The summed E-state index contributed by atoms with van der Waals surface area (Å²) < 4.78 is 1.53. The van der Waals surface area contributed by atoms with E-state index < -0.39 is 5.97 Å². The minimum atomic E-state index is -0.928. The number of carboxylic acids is 1. The Balaban J connectivity index is 2.15. The van der Waals surface area contributed by atoms with Gasteiger partial charge in [0.1, 0.15) is 0 Å². The van der Waals surface area contributed by atoms with Crippen LogP contribution >= 0.6 is 0 Å². The van der Waals surface area contributed by atoms with E-state index in [1.54, 1.807) is 31.4 Å².